The predicted octanol–water partition coefficient (Wildman–Crippen LogP) is 1.82. The highest BCUT2D eigenvalue weighted by atomic mass is 35.5. The fraction of sp³-hybridized carbons (Fsp3) is 0.375. The first-order chi connectivity index (χ1) is 11.0. The van der Waals surface area contributed by atoms with E-state index in [2.05, 4.69) is 5.10 Å². The molecule has 6 nitrogen and oxygen atoms in total. The number of hydrogen-bond acceptors (Lipinski definition) is 4. The fourth-order valence-electron chi connectivity index (χ4n) is 2.37. The standard InChI is InChI=1S/C16H20ClN3O3/c1-19-9-12(16(17)18-19)8-15(22)20(2)14(10-21)11-4-6-13(23-3)7-5-11/h4-7,9,14,21H,8,10H2,1-3H3. The second-order valence-electron chi connectivity index (χ2n) is 5.27. The molecule has 7 heteroatoms. The predicted molar refractivity (Wildman–Crippen MR) is 87.5 cm³/mol. The molecule has 1 atom stereocenters. The fourth-order valence-corrected chi connectivity index (χ4v) is 2.60. The topological polar surface area (TPSA) is 67.6 Å². The highest BCUT2D eigenvalue weighted by molar-refractivity contribution is 6.30. The largest absolute Gasteiger partial charge is 0.497 e. The molecule has 0 radical (unpaired) electrons. The van der Waals surface area contributed by atoms with Gasteiger partial charge in [0.2, 0.25) is 5.91 Å². The van der Waals surface area contributed by atoms with Crippen LogP contribution in [0, 0.1) is 0 Å². The number of carbonyl (C=O) groups is 1. The molecule has 0 aliphatic carbocycles. The number of halogens is 1. The number of methoxy groups -OCH3 is 1. The lowest BCUT2D eigenvalue weighted by molar-refractivity contribution is -0.132. The van der Waals surface area contributed by atoms with Crippen LogP contribution in [0.2, 0.25) is 5.15 Å². The number of ether oxygens (including phenoxy) is 1. The number of likely N-dealkylation sites (N-methyl/N-ethyl adjacent to an activating group) is 1. The Morgan fingerprint density at radius 3 is 2.57 bits per heavy atom. The Labute approximate surface area is 140 Å². The van der Waals surface area contributed by atoms with Crippen molar-refractivity contribution < 1.29 is 14.6 Å². The van der Waals surface area contributed by atoms with Crippen molar-refractivity contribution in [2.75, 3.05) is 20.8 Å². The molecule has 0 saturated carbocycles. The van der Waals surface area contributed by atoms with Crippen molar-refractivity contribution in [2.24, 2.45) is 7.05 Å². The maximum Gasteiger partial charge on any atom is 0.227 e. The zero-order valence-corrected chi connectivity index (χ0v) is 14.1. The first-order valence-electron chi connectivity index (χ1n) is 7.14. The number of amides is 1. The Balaban J connectivity index is 2.13. The average molecular weight is 338 g/mol. The summed E-state index contributed by atoms with van der Waals surface area (Å²) in [4.78, 5) is 14.0. The van der Waals surface area contributed by atoms with E-state index in [0.717, 1.165) is 11.3 Å². The van der Waals surface area contributed by atoms with Crippen molar-refractivity contribution in [2.45, 2.75) is 12.5 Å². The van der Waals surface area contributed by atoms with Gasteiger partial charge in [0.05, 0.1) is 26.2 Å². The van der Waals surface area contributed by atoms with E-state index in [1.54, 1.807) is 44.2 Å². The van der Waals surface area contributed by atoms with E-state index in [0.29, 0.717) is 10.7 Å². The molecule has 124 valence electrons. The lowest BCUT2D eigenvalue weighted by Crippen LogP contribution is -2.34. The molecule has 0 aliphatic heterocycles. The Morgan fingerprint density at radius 2 is 2.09 bits per heavy atom. The third-order valence-electron chi connectivity index (χ3n) is 3.73. The van der Waals surface area contributed by atoms with Crippen LogP contribution in [0.5, 0.6) is 5.75 Å². The number of aliphatic hydroxyl groups is 1. The van der Waals surface area contributed by atoms with Gasteiger partial charge in [0.1, 0.15) is 5.75 Å². The third kappa shape index (κ3) is 4.03. The zero-order valence-electron chi connectivity index (χ0n) is 13.4. The summed E-state index contributed by atoms with van der Waals surface area (Å²) in [5, 5.41) is 14.0. The number of aromatic nitrogens is 2. The van der Waals surface area contributed by atoms with Crippen molar-refractivity contribution in [3.05, 3.63) is 46.7 Å². The summed E-state index contributed by atoms with van der Waals surface area (Å²) in [6.07, 6.45) is 1.85. The molecule has 1 N–H and O–H groups in total. The van der Waals surface area contributed by atoms with Gasteiger partial charge >= 0.3 is 0 Å². The molecule has 1 aromatic carbocycles. The quantitative estimate of drug-likeness (QED) is 0.873. The molecule has 1 aromatic heterocycles. The summed E-state index contributed by atoms with van der Waals surface area (Å²) >= 11 is 5.99. The van der Waals surface area contributed by atoms with Gasteiger partial charge in [-0.1, -0.05) is 23.7 Å². The molecule has 1 heterocycles. The van der Waals surface area contributed by atoms with E-state index in [-0.39, 0.29) is 18.9 Å². The van der Waals surface area contributed by atoms with Gasteiger partial charge in [-0.15, -0.1) is 0 Å². The van der Waals surface area contributed by atoms with Gasteiger partial charge in [0.15, 0.2) is 5.15 Å². The molecule has 0 bridgehead atoms. The maximum atomic E-state index is 12.5. The SMILES string of the molecule is COc1ccc(C(CO)N(C)C(=O)Cc2cn(C)nc2Cl)cc1. The Bertz CT molecular complexity index is 670. The van der Waals surface area contributed by atoms with E-state index in [1.807, 2.05) is 12.1 Å². The maximum absolute atomic E-state index is 12.5. The second kappa shape index (κ2) is 7.48. The number of rotatable bonds is 6. The van der Waals surface area contributed by atoms with Crippen LogP contribution in [0.15, 0.2) is 30.5 Å². The minimum Gasteiger partial charge on any atom is -0.497 e. The molecule has 1 unspecified atom stereocenters. The van der Waals surface area contributed by atoms with Crippen LogP contribution in [-0.4, -0.2) is 46.5 Å². The summed E-state index contributed by atoms with van der Waals surface area (Å²) in [6.45, 7) is -0.171. The molecule has 2 aromatic rings. The Hall–Kier alpha value is -2.05. The van der Waals surface area contributed by atoms with Gasteiger partial charge in [-0.25, -0.2) is 0 Å². The van der Waals surface area contributed by atoms with Crippen LogP contribution in [0.1, 0.15) is 17.2 Å². The van der Waals surface area contributed by atoms with Gasteiger partial charge in [-0.3, -0.25) is 9.48 Å². The Morgan fingerprint density at radius 1 is 1.43 bits per heavy atom. The van der Waals surface area contributed by atoms with E-state index < -0.39 is 6.04 Å². The van der Waals surface area contributed by atoms with Crippen LogP contribution in [0.3, 0.4) is 0 Å². The van der Waals surface area contributed by atoms with Crippen molar-refractivity contribution in [3.8, 4) is 5.75 Å². The average Bonchev–Trinajstić information content (AvgIpc) is 2.86. The lowest BCUT2D eigenvalue weighted by Gasteiger charge is -2.27. The summed E-state index contributed by atoms with van der Waals surface area (Å²) in [6, 6.07) is 6.84. The van der Waals surface area contributed by atoms with E-state index in [1.165, 1.54) is 4.90 Å². The number of hydrogen-bond donors (Lipinski definition) is 1. The molecule has 0 saturated heterocycles. The molecule has 2 rings (SSSR count). The highest BCUT2D eigenvalue weighted by Crippen LogP contribution is 2.23. The van der Waals surface area contributed by atoms with Gasteiger partial charge in [0, 0.05) is 25.9 Å². The van der Waals surface area contributed by atoms with Crippen LogP contribution in [0.4, 0.5) is 0 Å². The van der Waals surface area contributed by atoms with Crippen molar-refractivity contribution in [1.29, 1.82) is 0 Å². The van der Waals surface area contributed by atoms with Crippen molar-refractivity contribution >= 4 is 17.5 Å². The summed E-state index contributed by atoms with van der Waals surface area (Å²) < 4.78 is 6.69. The van der Waals surface area contributed by atoms with Crippen molar-refractivity contribution in [1.82, 2.24) is 14.7 Å². The van der Waals surface area contributed by atoms with E-state index >= 15 is 0 Å². The zero-order chi connectivity index (χ0) is 17.0. The first kappa shape index (κ1) is 17.3. The summed E-state index contributed by atoms with van der Waals surface area (Å²) in [7, 11) is 5.00. The smallest absolute Gasteiger partial charge is 0.227 e. The minimum absolute atomic E-state index is 0.135. The number of carbonyl (C=O) groups excluding carboxylic acids is 1. The summed E-state index contributed by atoms with van der Waals surface area (Å²) in [5.74, 6) is 0.580. The van der Waals surface area contributed by atoms with Gasteiger partial charge in [-0.2, -0.15) is 5.10 Å². The monoisotopic (exact) mass is 337 g/mol. The van der Waals surface area contributed by atoms with Crippen LogP contribution >= 0.6 is 11.6 Å². The van der Waals surface area contributed by atoms with Gasteiger partial charge in [0.25, 0.3) is 0 Å². The molecule has 0 spiro atoms. The Kier molecular flexibility index (Phi) is 5.63. The van der Waals surface area contributed by atoms with Gasteiger partial charge in [-0.05, 0) is 17.7 Å². The molecule has 0 aliphatic rings. The minimum atomic E-state index is -0.427. The number of aryl methyl sites for hydroxylation is 1. The molecule has 0 fully saturated rings. The molecular weight excluding hydrogens is 318 g/mol. The first-order valence-corrected chi connectivity index (χ1v) is 7.52. The number of aliphatic hydroxyl groups excluding tert-OH is 1. The molecule has 23 heavy (non-hydrogen) atoms. The number of nitrogens with zero attached hydrogens (tertiary/aromatic N) is 3. The van der Waals surface area contributed by atoms with Crippen LogP contribution < -0.4 is 4.74 Å². The second-order valence-corrected chi connectivity index (χ2v) is 5.63. The highest BCUT2D eigenvalue weighted by Gasteiger charge is 2.22. The summed E-state index contributed by atoms with van der Waals surface area (Å²) in [5.41, 5.74) is 1.50. The van der Waals surface area contributed by atoms with E-state index in [4.69, 9.17) is 16.3 Å². The van der Waals surface area contributed by atoms with Gasteiger partial charge < -0.3 is 14.7 Å². The van der Waals surface area contributed by atoms with E-state index in [9.17, 15) is 9.90 Å². The molecular formula is C16H20ClN3O3. The number of benzene rings is 1. The van der Waals surface area contributed by atoms with Crippen molar-refractivity contribution in [3.63, 3.8) is 0 Å². The third-order valence-corrected chi connectivity index (χ3v) is 4.05. The molecule has 1 amide bonds. The van der Waals surface area contributed by atoms with Crippen LogP contribution in [-0.2, 0) is 18.3 Å². The normalized spacial score (nSPS) is 12.0. The lowest BCUT2D eigenvalue weighted by atomic mass is 10.1. The van der Waals surface area contributed by atoms with Crippen LogP contribution in [0.25, 0.3) is 0 Å².